The van der Waals surface area contributed by atoms with Crippen LogP contribution in [0.15, 0.2) is 18.2 Å². The molecule has 1 aromatic carbocycles. The van der Waals surface area contributed by atoms with Crippen LogP contribution in [0.3, 0.4) is 0 Å². The molecule has 1 aliphatic heterocycles. The lowest BCUT2D eigenvalue weighted by atomic mass is 9.99. The highest BCUT2D eigenvalue weighted by Gasteiger charge is 2.45. The molecule has 2 fully saturated rings. The third-order valence-electron chi connectivity index (χ3n) is 4.45. The second-order valence-corrected chi connectivity index (χ2v) is 6.07. The summed E-state index contributed by atoms with van der Waals surface area (Å²) in [5, 5.41) is 6.26. The molecule has 1 aromatic rings. The van der Waals surface area contributed by atoms with Gasteiger partial charge >= 0.3 is 0 Å². The van der Waals surface area contributed by atoms with Gasteiger partial charge in [-0.05, 0) is 68.0 Å². The molecule has 122 valence electrons. The molecule has 1 heterocycles. The Morgan fingerprint density at radius 2 is 2.18 bits per heavy atom. The van der Waals surface area contributed by atoms with Gasteiger partial charge in [-0.3, -0.25) is 4.79 Å². The Hall–Kier alpha value is -1.20. The average Bonchev–Trinajstić information content (AvgIpc) is 3.29. The van der Waals surface area contributed by atoms with E-state index in [1.165, 1.54) is 6.07 Å². The lowest BCUT2D eigenvalue weighted by Gasteiger charge is -2.22. The van der Waals surface area contributed by atoms with Crippen LogP contribution in [-0.4, -0.2) is 25.5 Å². The van der Waals surface area contributed by atoms with Gasteiger partial charge in [-0.15, -0.1) is 12.4 Å². The average molecular weight is 331 g/mol. The van der Waals surface area contributed by atoms with Crippen molar-refractivity contribution in [1.29, 1.82) is 0 Å². The summed E-state index contributed by atoms with van der Waals surface area (Å²) in [6.07, 6.45) is 2.87. The predicted octanol–water partition coefficient (Wildman–Crippen LogP) is 2.61. The molecule has 6 heteroatoms. The predicted molar refractivity (Wildman–Crippen MR) is 83.1 cm³/mol. The quantitative estimate of drug-likeness (QED) is 0.891. The van der Waals surface area contributed by atoms with Gasteiger partial charge in [0.15, 0.2) is 0 Å². The molecule has 3 atom stereocenters. The summed E-state index contributed by atoms with van der Waals surface area (Å²) in [5.41, 5.74) is 0.328. The Bertz CT molecular complexity index is 535. The molecule has 0 aromatic heterocycles. The van der Waals surface area contributed by atoms with E-state index < -0.39 is 11.6 Å². The van der Waals surface area contributed by atoms with Crippen molar-refractivity contribution in [2.24, 2.45) is 11.8 Å². The van der Waals surface area contributed by atoms with E-state index in [1.54, 1.807) is 0 Å². The third kappa shape index (κ3) is 3.96. The standard InChI is InChI=1S/C16H20F2N2O.ClH/c17-11-3-4-15(18)13(6-11)12-7-14(12)16(21)20-9-10-2-1-5-19-8-10;/h3-4,6,10,12,14,19H,1-2,5,7-9H2,(H,20,21);1H. The number of hydrogen-bond donors (Lipinski definition) is 2. The highest BCUT2D eigenvalue weighted by Crippen LogP contribution is 2.48. The monoisotopic (exact) mass is 330 g/mol. The number of nitrogens with one attached hydrogen (secondary N) is 2. The Labute approximate surface area is 135 Å². The molecule has 3 nitrogen and oxygen atoms in total. The molecule has 1 amide bonds. The van der Waals surface area contributed by atoms with E-state index in [-0.39, 0.29) is 30.2 Å². The first-order valence-electron chi connectivity index (χ1n) is 7.58. The van der Waals surface area contributed by atoms with Crippen molar-refractivity contribution in [1.82, 2.24) is 10.6 Å². The summed E-state index contributed by atoms with van der Waals surface area (Å²) < 4.78 is 26.8. The fraction of sp³-hybridized carbons (Fsp3) is 0.562. The maximum absolute atomic E-state index is 13.7. The molecule has 2 N–H and O–H groups in total. The van der Waals surface area contributed by atoms with E-state index in [1.807, 2.05) is 0 Å². The first-order valence-corrected chi connectivity index (χ1v) is 7.58. The van der Waals surface area contributed by atoms with Gasteiger partial charge in [-0.1, -0.05) is 0 Å². The molecule has 22 heavy (non-hydrogen) atoms. The van der Waals surface area contributed by atoms with Gasteiger partial charge < -0.3 is 10.6 Å². The largest absolute Gasteiger partial charge is 0.356 e. The smallest absolute Gasteiger partial charge is 0.223 e. The van der Waals surface area contributed by atoms with Crippen molar-refractivity contribution < 1.29 is 13.6 Å². The van der Waals surface area contributed by atoms with Crippen LogP contribution in [0.4, 0.5) is 8.78 Å². The molecule has 3 rings (SSSR count). The summed E-state index contributed by atoms with van der Waals surface area (Å²) in [5.74, 6) is -0.818. The van der Waals surface area contributed by atoms with Crippen molar-refractivity contribution in [3.63, 3.8) is 0 Å². The van der Waals surface area contributed by atoms with E-state index in [0.717, 1.165) is 38.1 Å². The Morgan fingerprint density at radius 1 is 1.36 bits per heavy atom. The Balaban J connectivity index is 0.00000176. The van der Waals surface area contributed by atoms with Gasteiger partial charge in [0.25, 0.3) is 0 Å². The van der Waals surface area contributed by atoms with E-state index in [0.29, 0.717) is 24.4 Å². The lowest BCUT2D eigenvalue weighted by Crippen LogP contribution is -2.38. The van der Waals surface area contributed by atoms with Crippen molar-refractivity contribution in [2.75, 3.05) is 19.6 Å². The van der Waals surface area contributed by atoms with Crippen LogP contribution in [0.2, 0.25) is 0 Å². The van der Waals surface area contributed by atoms with Crippen LogP contribution < -0.4 is 10.6 Å². The van der Waals surface area contributed by atoms with Crippen molar-refractivity contribution in [3.05, 3.63) is 35.4 Å². The van der Waals surface area contributed by atoms with E-state index in [4.69, 9.17) is 0 Å². The molecular weight excluding hydrogens is 310 g/mol. The van der Waals surface area contributed by atoms with Crippen LogP contribution in [0.5, 0.6) is 0 Å². The fourth-order valence-corrected chi connectivity index (χ4v) is 3.10. The lowest BCUT2D eigenvalue weighted by molar-refractivity contribution is -0.122. The van der Waals surface area contributed by atoms with Gasteiger partial charge in [0.2, 0.25) is 5.91 Å². The number of carbonyl (C=O) groups is 1. The number of carbonyl (C=O) groups excluding carboxylic acids is 1. The second kappa shape index (κ2) is 7.38. The Morgan fingerprint density at radius 3 is 2.91 bits per heavy atom. The summed E-state index contributed by atoms with van der Waals surface area (Å²) in [4.78, 5) is 12.1. The zero-order chi connectivity index (χ0) is 14.8. The van der Waals surface area contributed by atoms with Crippen LogP contribution in [-0.2, 0) is 4.79 Å². The minimum atomic E-state index is -0.453. The second-order valence-electron chi connectivity index (χ2n) is 6.07. The van der Waals surface area contributed by atoms with Crippen molar-refractivity contribution >= 4 is 18.3 Å². The van der Waals surface area contributed by atoms with E-state index in [9.17, 15) is 13.6 Å². The number of rotatable bonds is 4. The van der Waals surface area contributed by atoms with Gasteiger partial charge in [-0.25, -0.2) is 8.78 Å². The summed E-state index contributed by atoms with van der Waals surface area (Å²) >= 11 is 0. The van der Waals surface area contributed by atoms with Gasteiger partial charge in [0.05, 0.1) is 0 Å². The zero-order valence-electron chi connectivity index (χ0n) is 12.3. The molecule has 0 spiro atoms. The number of amides is 1. The molecule has 2 aliphatic rings. The SMILES string of the molecule is Cl.O=C(NCC1CCCNC1)C1CC1c1cc(F)ccc1F. The summed E-state index contributed by atoms with van der Waals surface area (Å²) in [6, 6.07) is 3.44. The highest BCUT2D eigenvalue weighted by molar-refractivity contribution is 5.85. The van der Waals surface area contributed by atoms with Crippen molar-refractivity contribution in [3.8, 4) is 0 Å². The number of piperidine rings is 1. The third-order valence-corrected chi connectivity index (χ3v) is 4.45. The summed E-state index contributed by atoms with van der Waals surface area (Å²) in [7, 11) is 0. The Kier molecular flexibility index (Phi) is 5.75. The molecule has 1 aliphatic carbocycles. The number of benzene rings is 1. The first-order chi connectivity index (χ1) is 10.1. The van der Waals surface area contributed by atoms with Gasteiger partial charge in [0.1, 0.15) is 11.6 Å². The molecule has 1 saturated carbocycles. The number of halogens is 3. The fourth-order valence-electron chi connectivity index (χ4n) is 3.10. The molecular formula is C16H21ClF2N2O. The zero-order valence-corrected chi connectivity index (χ0v) is 13.1. The number of hydrogen-bond acceptors (Lipinski definition) is 2. The highest BCUT2D eigenvalue weighted by atomic mass is 35.5. The van der Waals surface area contributed by atoms with Crippen molar-refractivity contribution in [2.45, 2.75) is 25.2 Å². The molecule has 0 bridgehead atoms. The van der Waals surface area contributed by atoms with E-state index >= 15 is 0 Å². The first kappa shape index (κ1) is 17.2. The molecule has 1 saturated heterocycles. The maximum atomic E-state index is 13.7. The minimum Gasteiger partial charge on any atom is -0.356 e. The van der Waals surface area contributed by atoms with Crippen LogP contribution in [0.1, 0.15) is 30.7 Å². The molecule has 3 unspecified atom stereocenters. The van der Waals surface area contributed by atoms with Crippen LogP contribution >= 0.6 is 12.4 Å². The molecule has 0 radical (unpaired) electrons. The van der Waals surface area contributed by atoms with Gasteiger partial charge in [0, 0.05) is 12.5 Å². The summed E-state index contributed by atoms with van der Waals surface area (Å²) in [6.45, 7) is 2.65. The maximum Gasteiger partial charge on any atom is 0.223 e. The van der Waals surface area contributed by atoms with Crippen LogP contribution in [0.25, 0.3) is 0 Å². The van der Waals surface area contributed by atoms with Gasteiger partial charge in [-0.2, -0.15) is 0 Å². The topological polar surface area (TPSA) is 41.1 Å². The normalized spacial score (nSPS) is 26.9. The minimum absolute atomic E-state index is 0. The van der Waals surface area contributed by atoms with E-state index in [2.05, 4.69) is 10.6 Å². The van der Waals surface area contributed by atoms with Crippen LogP contribution in [0, 0.1) is 23.5 Å².